The summed E-state index contributed by atoms with van der Waals surface area (Å²) < 4.78 is 0. The van der Waals surface area contributed by atoms with E-state index < -0.39 is 0 Å². The van der Waals surface area contributed by atoms with Crippen LogP contribution in [0.2, 0.25) is 0 Å². The van der Waals surface area contributed by atoms with E-state index in [0.717, 1.165) is 32.1 Å². The van der Waals surface area contributed by atoms with Crippen molar-refractivity contribution in [2.24, 2.45) is 0 Å². The molecule has 2 aromatic rings. The van der Waals surface area contributed by atoms with Gasteiger partial charge in [0.25, 0.3) is 0 Å². The fourth-order valence-corrected chi connectivity index (χ4v) is 3.40. The van der Waals surface area contributed by atoms with Crippen molar-refractivity contribution in [2.75, 3.05) is 0 Å². The van der Waals surface area contributed by atoms with Crippen LogP contribution >= 0.6 is 0 Å². The molecule has 0 unspecified atom stereocenters. The topological polar surface area (TPSA) is 0 Å². The maximum absolute atomic E-state index is 2.44. The van der Waals surface area contributed by atoms with Gasteiger partial charge >= 0.3 is 0 Å². The lowest BCUT2D eigenvalue weighted by Gasteiger charge is -2.14. The van der Waals surface area contributed by atoms with Gasteiger partial charge in [-0.2, -0.15) is 0 Å². The van der Waals surface area contributed by atoms with Crippen LogP contribution in [-0.2, 0) is 32.1 Å². The molecule has 22 heavy (non-hydrogen) atoms. The normalized spacial score (nSPS) is 11.0. The second kappa shape index (κ2) is 7.63. The summed E-state index contributed by atoms with van der Waals surface area (Å²) in [7, 11) is 0. The zero-order chi connectivity index (χ0) is 16.1. The highest BCUT2D eigenvalue weighted by atomic mass is 14.1. The van der Waals surface area contributed by atoms with Crippen molar-refractivity contribution < 1.29 is 0 Å². The van der Waals surface area contributed by atoms with E-state index in [1.54, 1.807) is 0 Å². The molecule has 0 aliphatic rings. The molecule has 0 nitrogen and oxygen atoms in total. The molecular weight excluding hydrogens is 264 g/mol. The Morgan fingerprint density at radius 2 is 1.14 bits per heavy atom. The predicted octanol–water partition coefficient (Wildman–Crippen LogP) is 5.84. The molecule has 0 aromatic heterocycles. The molecule has 0 aliphatic heterocycles. The van der Waals surface area contributed by atoms with Gasteiger partial charge in [0.15, 0.2) is 0 Å². The van der Waals surface area contributed by atoms with E-state index in [9.17, 15) is 0 Å². The van der Waals surface area contributed by atoms with Crippen molar-refractivity contribution >= 4 is 0 Å². The molecule has 2 rings (SSSR count). The molecule has 0 radical (unpaired) electrons. The Morgan fingerprint density at radius 3 is 1.73 bits per heavy atom. The van der Waals surface area contributed by atoms with Gasteiger partial charge in [-0.1, -0.05) is 58.0 Å². The van der Waals surface area contributed by atoms with Crippen LogP contribution < -0.4 is 0 Å². The highest BCUT2D eigenvalue weighted by Crippen LogP contribution is 2.22. The number of aryl methyl sites for hydroxylation is 5. The van der Waals surface area contributed by atoms with Gasteiger partial charge in [-0.25, -0.2) is 0 Å². The van der Waals surface area contributed by atoms with Gasteiger partial charge in [-0.3, -0.25) is 0 Å². The van der Waals surface area contributed by atoms with Crippen LogP contribution in [-0.4, -0.2) is 0 Å². The lowest BCUT2D eigenvalue weighted by atomic mass is 9.91. The Morgan fingerprint density at radius 1 is 0.591 bits per heavy atom. The molecule has 2 aromatic carbocycles. The van der Waals surface area contributed by atoms with E-state index in [0.29, 0.717) is 0 Å². The number of benzene rings is 2. The summed E-state index contributed by atoms with van der Waals surface area (Å²) in [4.78, 5) is 0. The summed E-state index contributed by atoms with van der Waals surface area (Å²) in [6, 6.07) is 11.9. The lowest BCUT2D eigenvalue weighted by Crippen LogP contribution is -2.00. The van der Waals surface area contributed by atoms with Crippen molar-refractivity contribution in [3.8, 4) is 0 Å². The zero-order valence-electron chi connectivity index (χ0n) is 14.9. The first-order valence-corrected chi connectivity index (χ1v) is 8.84. The van der Waals surface area contributed by atoms with E-state index in [4.69, 9.17) is 0 Å². The average molecular weight is 294 g/mol. The molecule has 0 atom stereocenters. The van der Waals surface area contributed by atoms with Crippen LogP contribution in [0.3, 0.4) is 0 Å². The largest absolute Gasteiger partial charge is 0.0613 e. The van der Waals surface area contributed by atoms with Crippen LogP contribution in [0.4, 0.5) is 0 Å². The Bertz CT molecular complexity index is 635. The number of hydrogen-bond donors (Lipinski definition) is 0. The Kier molecular flexibility index (Phi) is 5.83. The molecule has 0 saturated heterocycles. The van der Waals surface area contributed by atoms with Crippen molar-refractivity contribution in [3.05, 3.63) is 69.3 Å². The third kappa shape index (κ3) is 3.61. The van der Waals surface area contributed by atoms with Crippen molar-refractivity contribution in [1.82, 2.24) is 0 Å². The Hall–Kier alpha value is -1.56. The van der Waals surface area contributed by atoms with Crippen molar-refractivity contribution in [3.63, 3.8) is 0 Å². The quantitative estimate of drug-likeness (QED) is 0.628. The summed E-state index contributed by atoms with van der Waals surface area (Å²) in [6.45, 7) is 11.3. The molecule has 0 amide bonds. The standard InChI is InChI=1S/C22H30/c1-6-18-11-10-17(13-20(18)8-3)14-22-15-21(9-4)19(7-2)12-16(22)5/h10-13,15H,6-9,14H2,1-5H3. The summed E-state index contributed by atoms with van der Waals surface area (Å²) >= 11 is 0. The predicted molar refractivity (Wildman–Crippen MR) is 97.9 cm³/mol. The van der Waals surface area contributed by atoms with Crippen LogP contribution in [0.25, 0.3) is 0 Å². The maximum atomic E-state index is 2.44. The van der Waals surface area contributed by atoms with Gasteiger partial charge in [-0.05, 0) is 78.0 Å². The van der Waals surface area contributed by atoms with Gasteiger partial charge in [0.2, 0.25) is 0 Å². The van der Waals surface area contributed by atoms with Gasteiger partial charge in [-0.15, -0.1) is 0 Å². The number of rotatable bonds is 6. The molecule has 0 aliphatic carbocycles. The third-order valence-corrected chi connectivity index (χ3v) is 4.85. The van der Waals surface area contributed by atoms with Crippen LogP contribution in [0.5, 0.6) is 0 Å². The summed E-state index contributed by atoms with van der Waals surface area (Å²) in [5, 5.41) is 0. The first kappa shape index (κ1) is 16.8. The molecule has 0 bridgehead atoms. The van der Waals surface area contributed by atoms with E-state index in [1.165, 1.54) is 38.9 Å². The molecule has 0 saturated carbocycles. The molecule has 118 valence electrons. The van der Waals surface area contributed by atoms with Crippen LogP contribution in [0.15, 0.2) is 30.3 Å². The van der Waals surface area contributed by atoms with E-state index in [-0.39, 0.29) is 0 Å². The van der Waals surface area contributed by atoms with Gasteiger partial charge in [0.1, 0.15) is 0 Å². The Labute approximate surface area is 136 Å². The van der Waals surface area contributed by atoms with Crippen LogP contribution in [0, 0.1) is 6.92 Å². The van der Waals surface area contributed by atoms with Crippen molar-refractivity contribution in [1.29, 1.82) is 0 Å². The van der Waals surface area contributed by atoms with Crippen molar-refractivity contribution in [2.45, 2.75) is 66.7 Å². The van der Waals surface area contributed by atoms with Gasteiger partial charge in [0.05, 0.1) is 0 Å². The van der Waals surface area contributed by atoms with E-state index >= 15 is 0 Å². The van der Waals surface area contributed by atoms with E-state index in [1.807, 2.05) is 0 Å². The van der Waals surface area contributed by atoms with Gasteiger partial charge < -0.3 is 0 Å². The maximum Gasteiger partial charge on any atom is -0.00229 e. The average Bonchev–Trinajstić information content (AvgIpc) is 2.56. The summed E-state index contributed by atoms with van der Waals surface area (Å²) in [5.41, 5.74) is 10.4. The molecule has 0 fully saturated rings. The second-order valence-electron chi connectivity index (χ2n) is 6.24. The SMILES string of the molecule is CCc1ccc(Cc2cc(CC)c(CC)cc2C)cc1CC. The Balaban J connectivity index is 2.34. The minimum Gasteiger partial charge on any atom is -0.0613 e. The zero-order valence-corrected chi connectivity index (χ0v) is 14.9. The fraction of sp³-hybridized carbons (Fsp3) is 0.455. The summed E-state index contributed by atoms with van der Waals surface area (Å²) in [6.07, 6.45) is 5.58. The third-order valence-electron chi connectivity index (χ3n) is 4.85. The molecular formula is C22H30. The first-order valence-electron chi connectivity index (χ1n) is 8.84. The minimum atomic E-state index is 1.06. The molecule has 0 heteroatoms. The second-order valence-corrected chi connectivity index (χ2v) is 6.24. The highest BCUT2D eigenvalue weighted by Gasteiger charge is 2.08. The molecule has 0 N–H and O–H groups in total. The smallest absolute Gasteiger partial charge is 0.00229 e. The summed E-state index contributed by atoms with van der Waals surface area (Å²) in [5.74, 6) is 0. The monoisotopic (exact) mass is 294 g/mol. The van der Waals surface area contributed by atoms with E-state index in [2.05, 4.69) is 65.0 Å². The minimum absolute atomic E-state index is 1.06. The first-order chi connectivity index (χ1) is 10.6. The lowest BCUT2D eigenvalue weighted by molar-refractivity contribution is 1.000. The highest BCUT2D eigenvalue weighted by molar-refractivity contribution is 5.42. The number of hydrogen-bond acceptors (Lipinski definition) is 0. The van der Waals surface area contributed by atoms with Crippen LogP contribution in [0.1, 0.15) is 66.6 Å². The molecule has 0 spiro atoms. The fourth-order valence-electron chi connectivity index (χ4n) is 3.40. The van der Waals surface area contributed by atoms with Gasteiger partial charge in [0, 0.05) is 0 Å². The molecule has 0 heterocycles.